The van der Waals surface area contributed by atoms with Gasteiger partial charge in [0, 0.05) is 25.1 Å². The SMILES string of the molecule is CCOc1c(Br)cc(/C=C2\CN(C)CCC2=O)cc1OC. The molecule has 0 aromatic heterocycles. The van der Waals surface area contributed by atoms with Gasteiger partial charge < -0.3 is 14.4 Å². The monoisotopic (exact) mass is 353 g/mol. The molecule has 0 atom stereocenters. The van der Waals surface area contributed by atoms with Gasteiger partial charge >= 0.3 is 0 Å². The molecule has 1 aliphatic heterocycles. The zero-order valence-corrected chi connectivity index (χ0v) is 14.2. The fraction of sp³-hybridized carbons (Fsp3) is 0.438. The van der Waals surface area contributed by atoms with Gasteiger partial charge in [-0.05, 0) is 53.7 Å². The molecule has 1 aromatic carbocycles. The van der Waals surface area contributed by atoms with Crippen LogP contribution in [0.2, 0.25) is 0 Å². The van der Waals surface area contributed by atoms with Crippen molar-refractivity contribution in [2.24, 2.45) is 0 Å². The molecule has 1 saturated heterocycles. The van der Waals surface area contributed by atoms with Crippen LogP contribution in [0.25, 0.3) is 6.08 Å². The van der Waals surface area contributed by atoms with Crippen molar-refractivity contribution in [1.29, 1.82) is 0 Å². The first-order valence-electron chi connectivity index (χ1n) is 6.97. The molecule has 0 saturated carbocycles. The molecule has 0 spiro atoms. The summed E-state index contributed by atoms with van der Waals surface area (Å²) in [6.45, 7) is 4.01. The molecule has 1 heterocycles. The Kier molecular flexibility index (Phi) is 5.42. The van der Waals surface area contributed by atoms with Gasteiger partial charge in [-0.25, -0.2) is 0 Å². The summed E-state index contributed by atoms with van der Waals surface area (Å²) in [4.78, 5) is 14.1. The molecule has 0 bridgehead atoms. The number of ketones is 1. The van der Waals surface area contributed by atoms with Gasteiger partial charge in [0.15, 0.2) is 17.3 Å². The lowest BCUT2D eigenvalue weighted by molar-refractivity contribution is -0.117. The maximum atomic E-state index is 12.0. The molecule has 0 unspecified atom stereocenters. The quantitative estimate of drug-likeness (QED) is 0.779. The normalized spacial score (nSPS) is 18.1. The zero-order chi connectivity index (χ0) is 15.4. The van der Waals surface area contributed by atoms with Crippen LogP contribution >= 0.6 is 15.9 Å². The summed E-state index contributed by atoms with van der Waals surface area (Å²) in [5, 5.41) is 0. The molecule has 0 aliphatic carbocycles. The Morgan fingerprint density at radius 2 is 2.19 bits per heavy atom. The maximum Gasteiger partial charge on any atom is 0.175 e. The average molecular weight is 354 g/mol. The molecule has 0 radical (unpaired) electrons. The fourth-order valence-electron chi connectivity index (χ4n) is 2.35. The lowest BCUT2D eigenvalue weighted by Gasteiger charge is -2.23. The molecule has 1 fully saturated rings. The topological polar surface area (TPSA) is 38.8 Å². The summed E-state index contributed by atoms with van der Waals surface area (Å²) in [7, 11) is 3.63. The van der Waals surface area contributed by atoms with Crippen molar-refractivity contribution in [1.82, 2.24) is 4.90 Å². The number of likely N-dealkylation sites (tertiary alicyclic amines) is 1. The highest BCUT2D eigenvalue weighted by Gasteiger charge is 2.19. The number of ether oxygens (including phenoxy) is 2. The van der Waals surface area contributed by atoms with Crippen LogP contribution in [0, 0.1) is 0 Å². The third kappa shape index (κ3) is 3.86. The predicted octanol–water partition coefficient (Wildman–Crippen LogP) is 3.14. The van der Waals surface area contributed by atoms with Crippen LogP contribution < -0.4 is 9.47 Å². The molecule has 4 nitrogen and oxygen atoms in total. The number of carbonyl (C=O) groups excluding carboxylic acids is 1. The molecule has 114 valence electrons. The zero-order valence-electron chi connectivity index (χ0n) is 12.6. The van der Waals surface area contributed by atoms with E-state index in [4.69, 9.17) is 9.47 Å². The summed E-state index contributed by atoms with van der Waals surface area (Å²) in [5.41, 5.74) is 1.77. The minimum absolute atomic E-state index is 0.220. The minimum Gasteiger partial charge on any atom is -0.493 e. The number of methoxy groups -OCH3 is 1. The van der Waals surface area contributed by atoms with Crippen LogP contribution in [-0.2, 0) is 4.79 Å². The van der Waals surface area contributed by atoms with E-state index in [1.807, 2.05) is 32.2 Å². The van der Waals surface area contributed by atoms with Gasteiger partial charge in [-0.15, -0.1) is 0 Å². The molecule has 5 heteroatoms. The van der Waals surface area contributed by atoms with E-state index in [9.17, 15) is 4.79 Å². The van der Waals surface area contributed by atoms with Gasteiger partial charge in [0.05, 0.1) is 18.2 Å². The van der Waals surface area contributed by atoms with Crippen LogP contribution in [0.1, 0.15) is 18.9 Å². The van der Waals surface area contributed by atoms with E-state index in [1.165, 1.54) is 0 Å². The first-order chi connectivity index (χ1) is 10.0. The largest absolute Gasteiger partial charge is 0.493 e. The number of piperidine rings is 1. The van der Waals surface area contributed by atoms with Gasteiger partial charge in [-0.1, -0.05) is 0 Å². The van der Waals surface area contributed by atoms with Crippen molar-refractivity contribution in [3.05, 3.63) is 27.7 Å². The highest BCUT2D eigenvalue weighted by Crippen LogP contribution is 2.37. The second-order valence-corrected chi connectivity index (χ2v) is 5.90. The van der Waals surface area contributed by atoms with E-state index < -0.39 is 0 Å². The highest BCUT2D eigenvalue weighted by molar-refractivity contribution is 9.10. The Morgan fingerprint density at radius 1 is 1.43 bits per heavy atom. The number of halogens is 1. The molecule has 1 aromatic rings. The van der Waals surface area contributed by atoms with Crippen LogP contribution in [0.3, 0.4) is 0 Å². The number of benzene rings is 1. The van der Waals surface area contributed by atoms with E-state index in [2.05, 4.69) is 20.8 Å². The smallest absolute Gasteiger partial charge is 0.175 e. The number of hydrogen-bond acceptors (Lipinski definition) is 4. The van der Waals surface area contributed by atoms with Gasteiger partial charge in [0.1, 0.15) is 0 Å². The minimum atomic E-state index is 0.220. The molecule has 21 heavy (non-hydrogen) atoms. The van der Waals surface area contributed by atoms with Crippen molar-refractivity contribution in [3.8, 4) is 11.5 Å². The first-order valence-corrected chi connectivity index (χ1v) is 7.77. The molecule has 1 aliphatic rings. The lowest BCUT2D eigenvalue weighted by atomic mass is 10.0. The summed E-state index contributed by atoms with van der Waals surface area (Å²) in [6.07, 6.45) is 2.51. The second-order valence-electron chi connectivity index (χ2n) is 5.05. The summed E-state index contributed by atoms with van der Waals surface area (Å²) < 4.78 is 11.8. The van der Waals surface area contributed by atoms with Gasteiger partial charge in [-0.2, -0.15) is 0 Å². The number of rotatable bonds is 4. The van der Waals surface area contributed by atoms with Crippen LogP contribution in [0.15, 0.2) is 22.2 Å². The number of likely N-dealkylation sites (N-methyl/N-ethyl adjacent to an activating group) is 1. The van der Waals surface area contributed by atoms with Crippen molar-refractivity contribution < 1.29 is 14.3 Å². The second kappa shape index (κ2) is 7.09. The Hall–Kier alpha value is -1.33. The molecule has 0 N–H and O–H groups in total. The van der Waals surface area contributed by atoms with E-state index in [1.54, 1.807) is 7.11 Å². The Morgan fingerprint density at radius 3 is 2.86 bits per heavy atom. The van der Waals surface area contributed by atoms with Crippen molar-refractivity contribution in [3.63, 3.8) is 0 Å². The molecular weight excluding hydrogens is 334 g/mol. The van der Waals surface area contributed by atoms with Crippen molar-refractivity contribution in [2.75, 3.05) is 33.9 Å². The van der Waals surface area contributed by atoms with E-state index in [0.29, 0.717) is 31.1 Å². The molecule has 2 rings (SSSR count). The predicted molar refractivity (Wildman–Crippen MR) is 87.0 cm³/mol. The Labute approximate surface area is 133 Å². The van der Waals surface area contributed by atoms with Crippen molar-refractivity contribution in [2.45, 2.75) is 13.3 Å². The van der Waals surface area contributed by atoms with Gasteiger partial charge in [0.2, 0.25) is 0 Å². The Balaban J connectivity index is 2.36. The molecule has 0 amide bonds. The summed E-state index contributed by atoms with van der Waals surface area (Å²) >= 11 is 3.50. The molecular formula is C16H20BrNO3. The Bertz CT molecular complexity index is 569. The van der Waals surface area contributed by atoms with E-state index >= 15 is 0 Å². The van der Waals surface area contributed by atoms with Crippen molar-refractivity contribution >= 4 is 27.8 Å². The number of hydrogen-bond donors (Lipinski definition) is 0. The number of carbonyl (C=O) groups is 1. The first kappa shape index (κ1) is 16.0. The van der Waals surface area contributed by atoms with E-state index in [0.717, 1.165) is 22.2 Å². The third-order valence-corrected chi connectivity index (χ3v) is 3.99. The summed E-state index contributed by atoms with van der Waals surface area (Å²) in [5.74, 6) is 1.57. The summed E-state index contributed by atoms with van der Waals surface area (Å²) in [6, 6.07) is 3.84. The van der Waals surface area contributed by atoms with Crippen LogP contribution in [-0.4, -0.2) is 44.5 Å². The van der Waals surface area contributed by atoms with Gasteiger partial charge in [-0.3, -0.25) is 4.79 Å². The number of nitrogens with zero attached hydrogens (tertiary/aromatic N) is 1. The maximum absolute atomic E-state index is 12.0. The number of Topliss-reactive ketones (excluding diaryl/α,β-unsaturated/α-hetero) is 1. The van der Waals surface area contributed by atoms with E-state index in [-0.39, 0.29) is 5.78 Å². The third-order valence-electron chi connectivity index (χ3n) is 3.40. The van der Waals surface area contributed by atoms with Crippen LogP contribution in [0.4, 0.5) is 0 Å². The van der Waals surface area contributed by atoms with Crippen LogP contribution in [0.5, 0.6) is 11.5 Å². The standard InChI is InChI=1S/C16H20BrNO3/c1-4-21-16-13(17)8-11(9-15(16)20-3)7-12-10-18(2)6-5-14(12)19/h7-9H,4-6,10H2,1-3H3/b12-7+. The van der Waals surface area contributed by atoms with Gasteiger partial charge in [0.25, 0.3) is 0 Å². The fourth-order valence-corrected chi connectivity index (χ4v) is 2.92. The average Bonchev–Trinajstić information content (AvgIpc) is 2.45. The lowest BCUT2D eigenvalue weighted by Crippen LogP contribution is -2.32. The highest BCUT2D eigenvalue weighted by atomic mass is 79.9.